The average molecular weight is 228 g/mol. The van der Waals surface area contributed by atoms with Crippen molar-refractivity contribution in [2.45, 2.75) is 0 Å². The number of nitrogen functional groups attached to an aromatic ring is 1. The summed E-state index contributed by atoms with van der Waals surface area (Å²) in [5.41, 5.74) is 7.92. The fourth-order valence-corrected chi connectivity index (χ4v) is 1.69. The highest BCUT2D eigenvalue weighted by atomic mass is 19.1. The van der Waals surface area contributed by atoms with Crippen molar-refractivity contribution in [3.8, 4) is 11.3 Å². The van der Waals surface area contributed by atoms with Crippen molar-refractivity contribution in [2.24, 2.45) is 0 Å². The van der Waals surface area contributed by atoms with Crippen LogP contribution in [0.4, 0.5) is 10.1 Å². The SMILES string of the molecule is Nc1cc(-c2cn3ccncc3n2)ccc1F. The molecule has 0 bridgehead atoms. The lowest BCUT2D eigenvalue weighted by atomic mass is 10.1. The van der Waals surface area contributed by atoms with Gasteiger partial charge in [0, 0.05) is 24.2 Å². The molecule has 0 aliphatic carbocycles. The van der Waals surface area contributed by atoms with Crippen LogP contribution in [0.3, 0.4) is 0 Å². The van der Waals surface area contributed by atoms with Crippen LogP contribution in [0.1, 0.15) is 0 Å². The summed E-state index contributed by atoms with van der Waals surface area (Å²) < 4.78 is 14.9. The standard InChI is InChI=1S/C12H9FN4/c13-9-2-1-8(5-10(9)14)11-7-17-4-3-15-6-12(17)16-11/h1-7H,14H2. The maximum atomic E-state index is 13.1. The number of nitrogens with zero attached hydrogens (tertiary/aromatic N) is 3. The number of anilines is 1. The normalized spacial score (nSPS) is 10.9. The van der Waals surface area contributed by atoms with E-state index in [0.717, 1.165) is 16.9 Å². The summed E-state index contributed by atoms with van der Waals surface area (Å²) in [6.07, 6.45) is 7.00. The quantitative estimate of drug-likeness (QED) is 0.649. The minimum Gasteiger partial charge on any atom is -0.396 e. The lowest BCUT2D eigenvalue weighted by Crippen LogP contribution is -1.90. The van der Waals surface area contributed by atoms with Crippen LogP contribution in [0.5, 0.6) is 0 Å². The van der Waals surface area contributed by atoms with E-state index in [0.29, 0.717) is 0 Å². The number of fused-ring (bicyclic) bond motifs is 1. The topological polar surface area (TPSA) is 56.2 Å². The Morgan fingerprint density at radius 2 is 2.18 bits per heavy atom. The predicted molar refractivity (Wildman–Crippen MR) is 62.8 cm³/mol. The molecule has 2 N–H and O–H groups in total. The molecule has 0 saturated carbocycles. The van der Waals surface area contributed by atoms with Gasteiger partial charge in [-0.15, -0.1) is 0 Å². The zero-order chi connectivity index (χ0) is 11.8. The van der Waals surface area contributed by atoms with Crippen LogP contribution in [-0.2, 0) is 0 Å². The molecule has 0 fully saturated rings. The van der Waals surface area contributed by atoms with Gasteiger partial charge in [0.25, 0.3) is 0 Å². The Labute approximate surface area is 96.6 Å². The number of hydrogen-bond donors (Lipinski definition) is 1. The van der Waals surface area contributed by atoms with E-state index >= 15 is 0 Å². The van der Waals surface area contributed by atoms with Crippen LogP contribution in [0, 0.1) is 5.82 Å². The van der Waals surface area contributed by atoms with Gasteiger partial charge in [0.05, 0.1) is 17.6 Å². The van der Waals surface area contributed by atoms with Crippen LogP contribution in [0.15, 0.2) is 43.0 Å². The van der Waals surface area contributed by atoms with Gasteiger partial charge in [0.1, 0.15) is 5.82 Å². The molecule has 0 saturated heterocycles. The summed E-state index contributed by atoms with van der Waals surface area (Å²) in [5, 5.41) is 0. The monoisotopic (exact) mass is 228 g/mol. The Morgan fingerprint density at radius 1 is 1.29 bits per heavy atom. The minimum absolute atomic E-state index is 0.123. The van der Waals surface area contributed by atoms with Gasteiger partial charge < -0.3 is 10.1 Å². The minimum atomic E-state index is -0.417. The predicted octanol–water partition coefficient (Wildman–Crippen LogP) is 2.12. The third kappa shape index (κ3) is 1.61. The largest absolute Gasteiger partial charge is 0.396 e. The van der Waals surface area contributed by atoms with Gasteiger partial charge in [-0.2, -0.15) is 0 Å². The van der Waals surface area contributed by atoms with Crippen molar-refractivity contribution in [3.05, 3.63) is 48.8 Å². The molecule has 17 heavy (non-hydrogen) atoms. The highest BCUT2D eigenvalue weighted by Crippen LogP contribution is 2.22. The Bertz CT molecular complexity index is 657. The highest BCUT2D eigenvalue weighted by Gasteiger charge is 2.06. The fourth-order valence-electron chi connectivity index (χ4n) is 1.69. The first-order chi connectivity index (χ1) is 8.24. The molecule has 84 valence electrons. The number of nitrogens with two attached hydrogens (primary N) is 1. The molecule has 3 aromatic rings. The summed E-state index contributed by atoms with van der Waals surface area (Å²) in [7, 11) is 0. The third-order valence-corrected chi connectivity index (χ3v) is 2.56. The molecule has 2 aromatic heterocycles. The number of rotatable bonds is 1. The Hall–Kier alpha value is -2.43. The molecule has 0 amide bonds. The lowest BCUT2D eigenvalue weighted by Gasteiger charge is -1.99. The van der Waals surface area contributed by atoms with Crippen LogP contribution in [-0.4, -0.2) is 14.4 Å². The van der Waals surface area contributed by atoms with E-state index in [-0.39, 0.29) is 5.69 Å². The molecule has 3 rings (SSSR count). The van der Waals surface area contributed by atoms with Crippen molar-refractivity contribution in [1.29, 1.82) is 0 Å². The number of halogens is 1. The zero-order valence-corrected chi connectivity index (χ0v) is 8.84. The average Bonchev–Trinajstić information content (AvgIpc) is 2.76. The van der Waals surface area contributed by atoms with Crippen LogP contribution >= 0.6 is 0 Å². The van der Waals surface area contributed by atoms with E-state index in [1.54, 1.807) is 30.7 Å². The molecule has 0 spiro atoms. The smallest absolute Gasteiger partial charge is 0.155 e. The third-order valence-electron chi connectivity index (χ3n) is 2.56. The summed E-state index contributed by atoms with van der Waals surface area (Å²) in [6.45, 7) is 0. The van der Waals surface area contributed by atoms with Crippen molar-refractivity contribution in [3.63, 3.8) is 0 Å². The summed E-state index contributed by atoms with van der Waals surface area (Å²) in [5.74, 6) is -0.417. The van der Waals surface area contributed by atoms with Gasteiger partial charge in [-0.1, -0.05) is 0 Å². The molecular weight excluding hydrogens is 219 g/mol. The molecular formula is C12H9FN4. The highest BCUT2D eigenvalue weighted by molar-refractivity contribution is 5.66. The Kier molecular flexibility index (Phi) is 2.04. The van der Waals surface area contributed by atoms with Crippen molar-refractivity contribution < 1.29 is 4.39 Å². The maximum Gasteiger partial charge on any atom is 0.155 e. The van der Waals surface area contributed by atoms with Gasteiger partial charge in [0.2, 0.25) is 0 Å². The zero-order valence-electron chi connectivity index (χ0n) is 8.84. The molecule has 1 aromatic carbocycles. The lowest BCUT2D eigenvalue weighted by molar-refractivity contribution is 0.632. The fraction of sp³-hybridized carbons (Fsp3) is 0. The number of aromatic nitrogens is 3. The van der Waals surface area contributed by atoms with E-state index in [1.807, 2.05) is 10.6 Å². The Balaban J connectivity index is 2.17. The summed E-state index contributed by atoms with van der Waals surface area (Å²) in [4.78, 5) is 8.36. The van der Waals surface area contributed by atoms with Crippen LogP contribution in [0.2, 0.25) is 0 Å². The first-order valence-electron chi connectivity index (χ1n) is 5.08. The molecule has 0 aliphatic heterocycles. The van der Waals surface area contributed by atoms with Gasteiger partial charge in [-0.05, 0) is 18.2 Å². The first-order valence-corrected chi connectivity index (χ1v) is 5.08. The maximum absolute atomic E-state index is 13.1. The van der Waals surface area contributed by atoms with Crippen molar-refractivity contribution >= 4 is 11.3 Å². The molecule has 5 heteroatoms. The summed E-state index contributed by atoms with van der Waals surface area (Å²) >= 11 is 0. The van der Waals surface area contributed by atoms with Gasteiger partial charge in [-0.3, -0.25) is 4.98 Å². The molecule has 4 nitrogen and oxygen atoms in total. The second kappa shape index (κ2) is 3.55. The number of imidazole rings is 1. The van der Waals surface area contributed by atoms with Gasteiger partial charge in [0.15, 0.2) is 5.65 Å². The molecule has 0 radical (unpaired) electrons. The van der Waals surface area contributed by atoms with E-state index in [9.17, 15) is 4.39 Å². The summed E-state index contributed by atoms with van der Waals surface area (Å²) in [6, 6.07) is 4.57. The number of hydrogen-bond acceptors (Lipinski definition) is 3. The van der Waals surface area contributed by atoms with Gasteiger partial charge in [-0.25, -0.2) is 9.37 Å². The number of benzene rings is 1. The van der Waals surface area contributed by atoms with E-state index < -0.39 is 5.82 Å². The van der Waals surface area contributed by atoms with E-state index in [1.165, 1.54) is 6.07 Å². The van der Waals surface area contributed by atoms with Crippen molar-refractivity contribution in [2.75, 3.05) is 5.73 Å². The second-order valence-electron chi connectivity index (χ2n) is 3.70. The second-order valence-corrected chi connectivity index (χ2v) is 3.70. The van der Waals surface area contributed by atoms with Crippen LogP contribution in [0.25, 0.3) is 16.9 Å². The molecule has 2 heterocycles. The van der Waals surface area contributed by atoms with E-state index in [2.05, 4.69) is 9.97 Å². The van der Waals surface area contributed by atoms with Crippen molar-refractivity contribution in [1.82, 2.24) is 14.4 Å². The molecule has 0 aliphatic rings. The molecule has 0 unspecified atom stereocenters. The Morgan fingerprint density at radius 3 is 2.94 bits per heavy atom. The van der Waals surface area contributed by atoms with E-state index in [4.69, 9.17) is 5.73 Å². The van der Waals surface area contributed by atoms with Crippen LogP contribution < -0.4 is 5.73 Å². The first kappa shape index (κ1) is 9.77. The molecule has 0 atom stereocenters. The van der Waals surface area contributed by atoms with Gasteiger partial charge >= 0.3 is 0 Å².